The summed E-state index contributed by atoms with van der Waals surface area (Å²) in [6.45, 7) is 5.49. The van der Waals surface area contributed by atoms with E-state index in [-0.39, 0.29) is 11.8 Å². The van der Waals surface area contributed by atoms with Crippen molar-refractivity contribution in [2.45, 2.75) is 38.6 Å². The monoisotopic (exact) mass is 379 g/mol. The van der Waals surface area contributed by atoms with Crippen molar-refractivity contribution in [2.24, 2.45) is 5.92 Å². The lowest BCUT2D eigenvalue weighted by atomic mass is 9.74. The first-order valence-corrected chi connectivity index (χ1v) is 9.70. The zero-order valence-corrected chi connectivity index (χ0v) is 16.2. The standard InChI is InChI=1S/C21H25N5O2/c1-14-13-22-15(2)23-18(14)26-10-8-17(9-11-26)21(19(27)24-20(28)25-21)12-16-6-4-3-5-7-16/h3-7,13,17H,8-12H2,1-2H3,(H2,24,25,27,28). The summed E-state index contributed by atoms with van der Waals surface area (Å²) in [6, 6.07) is 9.48. The Hall–Kier alpha value is -2.96. The second kappa shape index (κ2) is 7.22. The molecule has 0 radical (unpaired) electrons. The molecule has 146 valence electrons. The molecule has 7 heteroatoms. The van der Waals surface area contributed by atoms with Gasteiger partial charge in [-0.25, -0.2) is 14.8 Å². The fraction of sp³-hybridized carbons (Fsp3) is 0.429. The lowest BCUT2D eigenvalue weighted by Crippen LogP contribution is -2.57. The third kappa shape index (κ3) is 3.32. The second-order valence-corrected chi connectivity index (χ2v) is 7.73. The molecule has 2 aliphatic heterocycles. The molecule has 4 rings (SSSR count). The van der Waals surface area contributed by atoms with Gasteiger partial charge in [-0.15, -0.1) is 0 Å². The number of benzene rings is 1. The van der Waals surface area contributed by atoms with E-state index in [1.54, 1.807) is 0 Å². The van der Waals surface area contributed by atoms with Crippen LogP contribution >= 0.6 is 0 Å². The van der Waals surface area contributed by atoms with E-state index in [0.29, 0.717) is 6.42 Å². The number of anilines is 1. The number of hydrogen-bond donors (Lipinski definition) is 2. The molecule has 2 aliphatic rings. The molecule has 0 aliphatic carbocycles. The quantitative estimate of drug-likeness (QED) is 0.795. The normalized spacial score (nSPS) is 22.9. The highest BCUT2D eigenvalue weighted by Crippen LogP contribution is 2.35. The first-order chi connectivity index (χ1) is 13.5. The number of carbonyl (C=O) groups is 2. The van der Waals surface area contributed by atoms with E-state index < -0.39 is 11.6 Å². The molecule has 3 amide bonds. The number of imide groups is 1. The second-order valence-electron chi connectivity index (χ2n) is 7.73. The van der Waals surface area contributed by atoms with Gasteiger partial charge >= 0.3 is 6.03 Å². The van der Waals surface area contributed by atoms with E-state index in [1.807, 2.05) is 50.4 Å². The Balaban J connectivity index is 1.55. The summed E-state index contributed by atoms with van der Waals surface area (Å²) in [6.07, 6.45) is 3.97. The summed E-state index contributed by atoms with van der Waals surface area (Å²) in [4.78, 5) is 35.9. The Morgan fingerprint density at radius 2 is 1.86 bits per heavy atom. The van der Waals surface area contributed by atoms with Crippen molar-refractivity contribution in [1.82, 2.24) is 20.6 Å². The van der Waals surface area contributed by atoms with E-state index in [2.05, 4.69) is 25.5 Å². The Labute approximate surface area is 164 Å². The number of piperidine rings is 1. The summed E-state index contributed by atoms with van der Waals surface area (Å²) in [7, 11) is 0. The summed E-state index contributed by atoms with van der Waals surface area (Å²) in [5, 5.41) is 5.43. The molecule has 1 atom stereocenters. The zero-order chi connectivity index (χ0) is 19.7. The molecule has 1 aromatic carbocycles. The number of hydrogen-bond acceptors (Lipinski definition) is 5. The van der Waals surface area contributed by atoms with Gasteiger partial charge in [-0.2, -0.15) is 0 Å². The number of nitrogens with one attached hydrogen (secondary N) is 2. The van der Waals surface area contributed by atoms with Crippen LogP contribution in [0.3, 0.4) is 0 Å². The first kappa shape index (κ1) is 18.4. The van der Waals surface area contributed by atoms with Crippen LogP contribution in [0.15, 0.2) is 36.5 Å². The molecule has 3 heterocycles. The van der Waals surface area contributed by atoms with Crippen molar-refractivity contribution in [2.75, 3.05) is 18.0 Å². The fourth-order valence-electron chi connectivity index (χ4n) is 4.40. The number of aryl methyl sites for hydroxylation is 2. The summed E-state index contributed by atoms with van der Waals surface area (Å²) in [5.74, 6) is 1.57. The maximum absolute atomic E-state index is 12.8. The predicted octanol–water partition coefficient (Wildman–Crippen LogP) is 2.13. The number of nitrogens with zero attached hydrogens (tertiary/aromatic N) is 3. The molecular weight excluding hydrogens is 354 g/mol. The van der Waals surface area contributed by atoms with Crippen LogP contribution in [0.1, 0.15) is 29.8 Å². The third-order valence-electron chi connectivity index (χ3n) is 5.85. The van der Waals surface area contributed by atoms with Crippen LogP contribution in [0.2, 0.25) is 0 Å². The highest BCUT2D eigenvalue weighted by Gasteiger charge is 2.52. The molecule has 2 fully saturated rings. The van der Waals surface area contributed by atoms with Gasteiger partial charge < -0.3 is 10.2 Å². The van der Waals surface area contributed by atoms with E-state index in [4.69, 9.17) is 0 Å². The minimum Gasteiger partial charge on any atom is -0.356 e. The molecule has 7 nitrogen and oxygen atoms in total. The van der Waals surface area contributed by atoms with Crippen LogP contribution in [0, 0.1) is 19.8 Å². The highest BCUT2D eigenvalue weighted by molar-refractivity contribution is 6.07. The Morgan fingerprint density at radius 1 is 1.14 bits per heavy atom. The van der Waals surface area contributed by atoms with Crippen LogP contribution < -0.4 is 15.5 Å². The number of urea groups is 1. The zero-order valence-electron chi connectivity index (χ0n) is 16.2. The number of amides is 3. The molecule has 2 aromatic rings. The van der Waals surface area contributed by atoms with Crippen LogP contribution in [-0.2, 0) is 11.2 Å². The minimum absolute atomic E-state index is 0.0682. The first-order valence-electron chi connectivity index (χ1n) is 9.70. The van der Waals surface area contributed by atoms with E-state index in [1.165, 1.54) is 0 Å². The van der Waals surface area contributed by atoms with Crippen molar-refractivity contribution < 1.29 is 9.59 Å². The van der Waals surface area contributed by atoms with Crippen molar-refractivity contribution >= 4 is 17.8 Å². The van der Waals surface area contributed by atoms with E-state index >= 15 is 0 Å². The molecule has 28 heavy (non-hydrogen) atoms. The number of aromatic nitrogens is 2. The maximum Gasteiger partial charge on any atom is 0.322 e. The molecule has 0 saturated carbocycles. The molecule has 1 unspecified atom stereocenters. The topological polar surface area (TPSA) is 87.2 Å². The Morgan fingerprint density at radius 3 is 2.50 bits per heavy atom. The van der Waals surface area contributed by atoms with Crippen LogP contribution in [-0.4, -0.2) is 40.5 Å². The largest absolute Gasteiger partial charge is 0.356 e. The lowest BCUT2D eigenvalue weighted by Gasteiger charge is -2.41. The SMILES string of the molecule is Cc1ncc(C)c(N2CCC(C3(Cc4ccccc4)NC(=O)NC3=O)CC2)n1. The van der Waals surface area contributed by atoms with Crippen molar-refractivity contribution in [3.8, 4) is 0 Å². The van der Waals surface area contributed by atoms with E-state index in [0.717, 1.165) is 48.7 Å². The smallest absolute Gasteiger partial charge is 0.322 e. The predicted molar refractivity (Wildman–Crippen MR) is 106 cm³/mol. The van der Waals surface area contributed by atoms with Gasteiger partial charge in [-0.3, -0.25) is 10.1 Å². The van der Waals surface area contributed by atoms with Crippen molar-refractivity contribution in [1.29, 1.82) is 0 Å². The maximum atomic E-state index is 12.8. The van der Waals surface area contributed by atoms with Gasteiger partial charge in [-0.05, 0) is 38.2 Å². The van der Waals surface area contributed by atoms with Gasteiger partial charge in [0.25, 0.3) is 5.91 Å². The van der Waals surface area contributed by atoms with E-state index in [9.17, 15) is 9.59 Å². The average molecular weight is 379 g/mol. The summed E-state index contributed by atoms with van der Waals surface area (Å²) < 4.78 is 0. The molecule has 1 aromatic heterocycles. The van der Waals surface area contributed by atoms with Crippen LogP contribution in [0.25, 0.3) is 0 Å². The van der Waals surface area contributed by atoms with Gasteiger partial charge in [0.05, 0.1) is 0 Å². The fourth-order valence-corrected chi connectivity index (χ4v) is 4.40. The van der Waals surface area contributed by atoms with Gasteiger partial charge in [0, 0.05) is 31.3 Å². The minimum atomic E-state index is -0.888. The summed E-state index contributed by atoms with van der Waals surface area (Å²) in [5.41, 5.74) is 1.21. The van der Waals surface area contributed by atoms with Gasteiger partial charge in [-0.1, -0.05) is 30.3 Å². The Bertz CT molecular complexity index is 893. The van der Waals surface area contributed by atoms with Crippen molar-refractivity contribution in [3.05, 3.63) is 53.5 Å². The number of carbonyl (C=O) groups excluding carboxylic acids is 2. The summed E-state index contributed by atoms with van der Waals surface area (Å²) >= 11 is 0. The highest BCUT2D eigenvalue weighted by atomic mass is 16.2. The lowest BCUT2D eigenvalue weighted by molar-refractivity contribution is -0.126. The van der Waals surface area contributed by atoms with Gasteiger partial charge in [0.1, 0.15) is 17.2 Å². The van der Waals surface area contributed by atoms with Crippen LogP contribution in [0.5, 0.6) is 0 Å². The molecule has 2 N–H and O–H groups in total. The molecule has 0 bridgehead atoms. The molecular formula is C21H25N5O2. The van der Waals surface area contributed by atoms with Gasteiger partial charge in [0.15, 0.2) is 0 Å². The van der Waals surface area contributed by atoms with Crippen LogP contribution in [0.4, 0.5) is 10.6 Å². The number of rotatable bonds is 4. The average Bonchev–Trinajstić information content (AvgIpc) is 2.98. The van der Waals surface area contributed by atoms with Gasteiger partial charge in [0.2, 0.25) is 0 Å². The van der Waals surface area contributed by atoms with Crippen molar-refractivity contribution in [3.63, 3.8) is 0 Å². The Kier molecular flexibility index (Phi) is 4.75. The molecule has 0 spiro atoms. The molecule has 2 saturated heterocycles. The third-order valence-corrected chi connectivity index (χ3v) is 5.85.